The van der Waals surface area contributed by atoms with E-state index in [4.69, 9.17) is 5.84 Å². The van der Waals surface area contributed by atoms with E-state index in [-0.39, 0.29) is 0 Å². The second-order valence-corrected chi connectivity index (χ2v) is 3.19. The van der Waals surface area contributed by atoms with Gasteiger partial charge in [-0.25, -0.2) is 5.84 Å². The summed E-state index contributed by atoms with van der Waals surface area (Å²) < 4.78 is 0. The van der Waals surface area contributed by atoms with Gasteiger partial charge in [-0.3, -0.25) is 15.4 Å². The van der Waals surface area contributed by atoms with Gasteiger partial charge in [-0.05, 0) is 25.0 Å². The number of hydrogen-bond acceptors (Lipinski definition) is 3. The zero-order valence-electron chi connectivity index (χ0n) is 9.12. The second kappa shape index (κ2) is 5.98. The van der Waals surface area contributed by atoms with Crippen LogP contribution < -0.4 is 16.6 Å². The number of aliphatic imine (C=N–C) groups is 1. The maximum Gasteiger partial charge on any atom is 0.210 e. The number of pyridine rings is 1. The largest absolute Gasteiger partial charge is 0.324 e. The Balaban J connectivity index is 2.71. The van der Waals surface area contributed by atoms with Gasteiger partial charge in [-0.15, -0.1) is 0 Å². The highest BCUT2D eigenvalue weighted by Crippen LogP contribution is 2.10. The third kappa shape index (κ3) is 3.55. The molecule has 0 saturated carbocycles. The highest BCUT2D eigenvalue weighted by atomic mass is 15.3. The van der Waals surface area contributed by atoms with Gasteiger partial charge in [-0.1, -0.05) is 6.92 Å². The van der Waals surface area contributed by atoms with E-state index in [1.165, 1.54) is 0 Å². The van der Waals surface area contributed by atoms with Crippen LogP contribution in [0.15, 0.2) is 23.5 Å². The second-order valence-electron chi connectivity index (χ2n) is 3.19. The van der Waals surface area contributed by atoms with Crippen LogP contribution in [-0.4, -0.2) is 17.5 Å². The van der Waals surface area contributed by atoms with Gasteiger partial charge < -0.3 is 5.32 Å². The van der Waals surface area contributed by atoms with Crippen molar-refractivity contribution in [2.75, 3.05) is 11.9 Å². The number of aryl methyl sites for hydroxylation is 1. The van der Waals surface area contributed by atoms with Gasteiger partial charge in [-0.2, -0.15) is 0 Å². The first kappa shape index (κ1) is 11.5. The molecule has 1 heterocycles. The standard InChI is InChI=1S/C10H17N5/c1-3-5-13-10(15-11)14-9-7-12-6-4-8(9)2/h4,6-7H,3,5,11H2,1-2H3,(H2,13,14,15). The molecule has 1 aromatic heterocycles. The van der Waals surface area contributed by atoms with Crippen LogP contribution in [0.25, 0.3) is 0 Å². The van der Waals surface area contributed by atoms with Gasteiger partial charge in [0.1, 0.15) is 0 Å². The van der Waals surface area contributed by atoms with E-state index in [1.54, 1.807) is 12.4 Å². The molecule has 4 N–H and O–H groups in total. The van der Waals surface area contributed by atoms with Gasteiger partial charge in [0, 0.05) is 12.7 Å². The zero-order chi connectivity index (χ0) is 11.1. The Bertz CT molecular complexity index is 334. The number of aromatic nitrogens is 1. The van der Waals surface area contributed by atoms with E-state index in [2.05, 4.69) is 27.6 Å². The first-order chi connectivity index (χ1) is 7.27. The molecule has 0 amide bonds. The summed E-state index contributed by atoms with van der Waals surface area (Å²) >= 11 is 0. The third-order valence-corrected chi connectivity index (χ3v) is 1.92. The van der Waals surface area contributed by atoms with Gasteiger partial charge in [0.15, 0.2) is 0 Å². The predicted octanol–water partition coefficient (Wildman–Crippen LogP) is 1.03. The summed E-state index contributed by atoms with van der Waals surface area (Å²) in [6.45, 7) is 4.80. The molecule has 0 unspecified atom stereocenters. The van der Waals surface area contributed by atoms with Crippen LogP contribution in [-0.2, 0) is 0 Å². The number of nitrogens with zero attached hydrogens (tertiary/aromatic N) is 2. The normalized spacial score (nSPS) is 11.3. The van der Waals surface area contributed by atoms with E-state index in [9.17, 15) is 0 Å². The molecule has 5 heteroatoms. The molecule has 0 saturated heterocycles. The zero-order valence-corrected chi connectivity index (χ0v) is 9.12. The lowest BCUT2D eigenvalue weighted by atomic mass is 10.2. The smallest absolute Gasteiger partial charge is 0.210 e. The lowest BCUT2D eigenvalue weighted by Crippen LogP contribution is -2.36. The SMILES string of the molecule is CCCN=C(NN)Nc1cnccc1C. The van der Waals surface area contributed by atoms with Gasteiger partial charge >= 0.3 is 0 Å². The summed E-state index contributed by atoms with van der Waals surface area (Å²) in [7, 11) is 0. The van der Waals surface area contributed by atoms with Crippen molar-refractivity contribution in [3.63, 3.8) is 0 Å². The summed E-state index contributed by atoms with van der Waals surface area (Å²) in [5, 5.41) is 3.08. The van der Waals surface area contributed by atoms with Crippen LogP contribution in [0, 0.1) is 6.92 Å². The number of nitrogens with two attached hydrogens (primary N) is 1. The number of nitrogens with one attached hydrogen (secondary N) is 2. The van der Waals surface area contributed by atoms with E-state index in [1.807, 2.05) is 13.0 Å². The molecule has 0 radical (unpaired) electrons. The quantitative estimate of drug-likeness (QED) is 0.299. The molecule has 15 heavy (non-hydrogen) atoms. The van der Waals surface area contributed by atoms with Crippen LogP contribution in [0.5, 0.6) is 0 Å². The number of hydrogen-bond donors (Lipinski definition) is 3. The molecule has 0 fully saturated rings. The van der Waals surface area contributed by atoms with Crippen molar-refractivity contribution in [1.29, 1.82) is 0 Å². The molecule has 82 valence electrons. The Morgan fingerprint density at radius 3 is 3.00 bits per heavy atom. The highest BCUT2D eigenvalue weighted by Gasteiger charge is 2.00. The van der Waals surface area contributed by atoms with Crippen LogP contribution in [0.2, 0.25) is 0 Å². The summed E-state index contributed by atoms with van der Waals surface area (Å²) in [6.07, 6.45) is 4.48. The first-order valence-corrected chi connectivity index (χ1v) is 4.96. The van der Waals surface area contributed by atoms with Gasteiger partial charge in [0.2, 0.25) is 5.96 Å². The van der Waals surface area contributed by atoms with Crippen molar-refractivity contribution in [1.82, 2.24) is 10.4 Å². The molecule has 0 atom stereocenters. The monoisotopic (exact) mass is 207 g/mol. The lowest BCUT2D eigenvalue weighted by molar-refractivity contribution is 0.905. The molecule has 0 aliphatic rings. The first-order valence-electron chi connectivity index (χ1n) is 4.96. The summed E-state index contributed by atoms with van der Waals surface area (Å²) in [4.78, 5) is 8.27. The van der Waals surface area contributed by atoms with E-state index < -0.39 is 0 Å². The molecule has 0 spiro atoms. The van der Waals surface area contributed by atoms with Crippen molar-refractivity contribution >= 4 is 11.6 Å². The fourth-order valence-corrected chi connectivity index (χ4v) is 1.07. The van der Waals surface area contributed by atoms with E-state index in [0.29, 0.717) is 5.96 Å². The molecule has 0 aromatic carbocycles. The molecule has 0 aliphatic heterocycles. The molecule has 0 bridgehead atoms. The number of guanidine groups is 1. The molecule has 0 aliphatic carbocycles. The van der Waals surface area contributed by atoms with Gasteiger partial charge in [0.05, 0.1) is 11.9 Å². The van der Waals surface area contributed by atoms with Crippen molar-refractivity contribution in [3.05, 3.63) is 24.0 Å². The average Bonchev–Trinajstić information content (AvgIpc) is 2.26. The molecule has 1 aromatic rings. The maximum absolute atomic E-state index is 5.35. The molecule has 1 rings (SSSR count). The minimum Gasteiger partial charge on any atom is -0.324 e. The minimum absolute atomic E-state index is 0.563. The van der Waals surface area contributed by atoms with Crippen LogP contribution in [0.1, 0.15) is 18.9 Å². The van der Waals surface area contributed by atoms with Crippen LogP contribution in [0.3, 0.4) is 0 Å². The fourth-order valence-electron chi connectivity index (χ4n) is 1.07. The Morgan fingerprint density at radius 1 is 1.60 bits per heavy atom. The van der Waals surface area contributed by atoms with Crippen LogP contribution in [0.4, 0.5) is 5.69 Å². The summed E-state index contributed by atoms with van der Waals surface area (Å²) in [6, 6.07) is 1.93. The van der Waals surface area contributed by atoms with Crippen molar-refractivity contribution in [2.45, 2.75) is 20.3 Å². The van der Waals surface area contributed by atoms with Gasteiger partial charge in [0.25, 0.3) is 0 Å². The number of anilines is 1. The Kier molecular flexibility index (Phi) is 4.56. The van der Waals surface area contributed by atoms with Crippen LogP contribution >= 0.6 is 0 Å². The number of rotatable bonds is 3. The molecule has 5 nitrogen and oxygen atoms in total. The average molecular weight is 207 g/mol. The Hall–Kier alpha value is -1.62. The van der Waals surface area contributed by atoms with Crippen molar-refractivity contribution in [3.8, 4) is 0 Å². The predicted molar refractivity (Wildman–Crippen MR) is 62.5 cm³/mol. The van der Waals surface area contributed by atoms with Crippen molar-refractivity contribution in [2.24, 2.45) is 10.8 Å². The molecular weight excluding hydrogens is 190 g/mol. The Morgan fingerprint density at radius 2 is 2.40 bits per heavy atom. The molecular formula is C10H17N5. The number of hydrazine groups is 1. The highest BCUT2D eigenvalue weighted by molar-refractivity contribution is 5.93. The third-order valence-electron chi connectivity index (χ3n) is 1.92. The van der Waals surface area contributed by atoms with Crippen molar-refractivity contribution < 1.29 is 0 Å². The summed E-state index contributed by atoms with van der Waals surface area (Å²) in [5.41, 5.74) is 4.53. The minimum atomic E-state index is 0.563. The Labute approximate surface area is 89.8 Å². The summed E-state index contributed by atoms with van der Waals surface area (Å²) in [5.74, 6) is 5.91. The van der Waals surface area contributed by atoms with E-state index >= 15 is 0 Å². The maximum atomic E-state index is 5.35. The topological polar surface area (TPSA) is 75.3 Å². The van der Waals surface area contributed by atoms with E-state index in [0.717, 1.165) is 24.2 Å². The fraction of sp³-hybridized carbons (Fsp3) is 0.400. The lowest BCUT2D eigenvalue weighted by Gasteiger charge is -2.10.